The molecule has 1 aromatic rings. The normalized spacial score (nSPS) is 24.0. The van der Waals surface area contributed by atoms with Gasteiger partial charge in [-0.25, -0.2) is 9.18 Å². The van der Waals surface area contributed by atoms with Gasteiger partial charge in [0.05, 0.1) is 23.3 Å². The van der Waals surface area contributed by atoms with Crippen LogP contribution >= 0.6 is 0 Å². The fraction of sp³-hybridized carbons (Fsp3) is 0.516. The second-order valence-corrected chi connectivity index (χ2v) is 13.5. The number of benzene rings is 1. The number of nitroso groups, excluding NO2 is 1. The van der Waals surface area contributed by atoms with Gasteiger partial charge in [-0.05, 0) is 66.5 Å². The number of aliphatic hydroxyl groups excluding tert-OH is 2. The van der Waals surface area contributed by atoms with Crippen LogP contribution in [0.25, 0.3) is 5.76 Å². The van der Waals surface area contributed by atoms with Crippen molar-refractivity contribution >= 4 is 48.1 Å². The molecule has 49 heavy (non-hydrogen) atoms. The van der Waals surface area contributed by atoms with Gasteiger partial charge in [-0.15, -0.1) is 5.09 Å². The molecule has 1 saturated carbocycles. The number of anilines is 1. The van der Waals surface area contributed by atoms with E-state index in [0.29, 0.717) is 7.41 Å². The lowest BCUT2D eigenvalue weighted by Gasteiger charge is -2.50. The molecule has 4 rings (SSSR count). The van der Waals surface area contributed by atoms with Crippen molar-refractivity contribution in [3.8, 4) is 5.75 Å². The molecule has 1 radical (unpaired) electrons. The van der Waals surface area contributed by atoms with Crippen molar-refractivity contribution in [2.24, 2.45) is 22.7 Å². The van der Waals surface area contributed by atoms with Crippen molar-refractivity contribution in [2.75, 3.05) is 26.0 Å². The number of aromatic hydroxyl groups is 1. The molecule has 8 N–H and O–H groups in total. The molecule has 18 heteroatoms. The van der Waals surface area contributed by atoms with Crippen molar-refractivity contribution in [3.05, 3.63) is 44.8 Å². The van der Waals surface area contributed by atoms with E-state index in [1.807, 2.05) is 0 Å². The van der Waals surface area contributed by atoms with E-state index in [1.54, 1.807) is 20.8 Å². The van der Waals surface area contributed by atoms with Crippen LogP contribution in [0.15, 0.2) is 28.1 Å². The molecule has 0 bridgehead atoms. The molecule has 2 amide bonds. The van der Waals surface area contributed by atoms with Crippen LogP contribution in [0.3, 0.4) is 0 Å². The largest absolute Gasteiger partial charge is 0.508 e. The minimum Gasteiger partial charge on any atom is -0.508 e. The Balaban J connectivity index is 1.63. The zero-order valence-electron chi connectivity index (χ0n) is 27.5. The van der Waals surface area contributed by atoms with Gasteiger partial charge in [0.25, 0.3) is 5.91 Å². The van der Waals surface area contributed by atoms with Gasteiger partial charge in [-0.2, -0.15) is 4.91 Å². The standard InChI is InChI=1S/C31H38BFN5O11/c1-30(2,3)49-29(46)36-16(27(44)32-37-48)7-6-8-35-17-11-15(33)13-9-12-10-14-21(38(4)5)24(41)20(28(34)45)26(43)31(14,47)25(42)18(12)23(40)19(13)22(17)39/h11-12,14,16,21,35,39-40,43,47H,6-10H2,1-5H3,(H2,34,45)(H,36,46)/t12-,14-,16-,21-,31-/m0/s1. The van der Waals surface area contributed by atoms with Crippen LogP contribution in [-0.4, -0.2) is 106 Å². The number of nitrogens with two attached hydrogens (primary N) is 1. The summed E-state index contributed by atoms with van der Waals surface area (Å²) in [6, 6.07) is -1.49. The van der Waals surface area contributed by atoms with Crippen molar-refractivity contribution in [1.29, 1.82) is 0 Å². The lowest BCUT2D eigenvalue weighted by Crippen LogP contribution is -2.65. The first kappa shape index (κ1) is 37.0. The molecule has 0 unspecified atom stereocenters. The first-order valence-corrected chi connectivity index (χ1v) is 15.4. The highest BCUT2D eigenvalue weighted by molar-refractivity contribution is 6.73. The number of fused-ring (bicyclic) bond motifs is 3. The highest BCUT2D eigenvalue weighted by atomic mass is 19.1. The number of carbonyl (C=O) groups is 5. The lowest BCUT2D eigenvalue weighted by atomic mass is 9.57. The molecule has 0 heterocycles. The number of ether oxygens (including phenoxy) is 1. The van der Waals surface area contributed by atoms with Crippen LogP contribution in [-0.2, 0) is 30.3 Å². The number of hydrogen-bond donors (Lipinski definition) is 7. The second kappa shape index (κ2) is 13.6. The monoisotopic (exact) mass is 686 g/mol. The number of ketones is 2. The first-order chi connectivity index (χ1) is 22.8. The molecule has 263 valence electrons. The highest BCUT2D eigenvalue weighted by Gasteiger charge is 2.64. The summed E-state index contributed by atoms with van der Waals surface area (Å²) in [7, 11) is 3.44. The summed E-state index contributed by atoms with van der Waals surface area (Å²) in [6.07, 6.45) is -1.24. The SMILES string of the molecule is CN(C)[C@@H]1C(=O)C(C(N)=O)=C(O)[C@@]2(O)C(=O)C3=C(O)c4c(O)c(NCCC[C@H](NC(=O)OC(C)(C)C)C(=O)[B]N=O)cc(F)c4C[C@H]3C[C@@H]12. The molecule has 0 aromatic heterocycles. The average Bonchev–Trinajstić information content (AvgIpc) is 2.97. The van der Waals surface area contributed by atoms with Gasteiger partial charge in [-0.3, -0.25) is 19.3 Å². The van der Waals surface area contributed by atoms with Gasteiger partial charge in [0.15, 0.2) is 11.4 Å². The number of carbonyl (C=O) groups excluding carboxylic acids is 5. The predicted molar refractivity (Wildman–Crippen MR) is 172 cm³/mol. The van der Waals surface area contributed by atoms with Crippen molar-refractivity contribution in [2.45, 2.75) is 69.7 Å². The van der Waals surface area contributed by atoms with Crippen LogP contribution in [0.1, 0.15) is 51.2 Å². The summed E-state index contributed by atoms with van der Waals surface area (Å²) < 4.78 is 20.7. The third-order valence-corrected chi connectivity index (χ3v) is 8.87. The zero-order chi connectivity index (χ0) is 36.7. The number of phenolic OH excluding ortho intramolecular Hbond substituents is 1. The third-order valence-electron chi connectivity index (χ3n) is 8.87. The number of phenols is 1. The Hall–Kier alpha value is -4.84. The molecule has 3 aliphatic rings. The quantitative estimate of drug-likeness (QED) is 0.0566. The van der Waals surface area contributed by atoms with Crippen LogP contribution < -0.4 is 16.4 Å². The van der Waals surface area contributed by atoms with Gasteiger partial charge in [0, 0.05) is 29.7 Å². The molecule has 1 aromatic carbocycles. The third kappa shape index (κ3) is 6.74. The number of halogens is 1. The number of alkyl carbamates (subject to hydrolysis) is 1. The Bertz CT molecular complexity index is 1690. The maximum absolute atomic E-state index is 15.6. The van der Waals surface area contributed by atoms with Gasteiger partial charge < -0.3 is 46.3 Å². The predicted octanol–water partition coefficient (Wildman–Crippen LogP) is 1.10. The smallest absolute Gasteiger partial charge is 0.421 e. The van der Waals surface area contributed by atoms with Crippen LogP contribution in [0.2, 0.25) is 0 Å². The molecule has 0 spiro atoms. The Morgan fingerprint density at radius 2 is 1.88 bits per heavy atom. The molecule has 0 saturated heterocycles. The fourth-order valence-electron chi connectivity index (χ4n) is 6.81. The number of nitrogens with zero attached hydrogens (tertiary/aromatic N) is 2. The van der Waals surface area contributed by atoms with Gasteiger partial charge in [0.1, 0.15) is 39.9 Å². The van der Waals surface area contributed by atoms with E-state index in [1.165, 1.54) is 19.0 Å². The summed E-state index contributed by atoms with van der Waals surface area (Å²) >= 11 is 0. The van der Waals surface area contributed by atoms with Crippen LogP contribution in [0.4, 0.5) is 14.9 Å². The van der Waals surface area contributed by atoms with Gasteiger partial charge in [0.2, 0.25) is 5.78 Å². The maximum atomic E-state index is 15.6. The van der Waals surface area contributed by atoms with E-state index >= 15 is 4.39 Å². The molecular weight excluding hydrogens is 648 g/mol. The average molecular weight is 686 g/mol. The minimum atomic E-state index is -2.84. The van der Waals surface area contributed by atoms with Gasteiger partial charge >= 0.3 is 13.5 Å². The second-order valence-electron chi connectivity index (χ2n) is 13.5. The zero-order valence-corrected chi connectivity index (χ0v) is 27.5. The van der Waals surface area contributed by atoms with E-state index in [-0.39, 0.29) is 43.5 Å². The molecule has 0 aliphatic heterocycles. The van der Waals surface area contributed by atoms with Gasteiger partial charge in [-0.1, -0.05) is 0 Å². The number of amides is 2. The fourth-order valence-corrected chi connectivity index (χ4v) is 6.81. The number of rotatable bonds is 11. The number of nitrogens with one attached hydrogen (secondary N) is 2. The van der Waals surface area contributed by atoms with Crippen LogP contribution in [0, 0.1) is 22.6 Å². The molecule has 5 atom stereocenters. The van der Waals surface area contributed by atoms with Crippen LogP contribution in [0.5, 0.6) is 5.75 Å². The summed E-state index contributed by atoms with van der Waals surface area (Å²) in [5, 5.41) is 52.8. The lowest BCUT2D eigenvalue weighted by molar-refractivity contribution is -0.153. The summed E-state index contributed by atoms with van der Waals surface area (Å²) in [5.74, 6) is -9.36. The number of Topliss-reactive ketones (excluding diaryl/α,β-unsaturated/α-hetero) is 2. The number of likely N-dealkylation sites (N-methyl/N-ethyl adjacent to an activating group) is 1. The number of primary amides is 1. The van der Waals surface area contributed by atoms with Crippen molar-refractivity contribution in [3.63, 3.8) is 0 Å². The van der Waals surface area contributed by atoms with E-state index in [4.69, 9.17) is 10.5 Å². The van der Waals surface area contributed by atoms with E-state index < -0.39 is 104 Å². The molecular formula is C31H38BFN5O11. The van der Waals surface area contributed by atoms with Crippen molar-refractivity contribution in [1.82, 2.24) is 10.2 Å². The highest BCUT2D eigenvalue weighted by Crippen LogP contribution is 2.53. The Kier molecular flexibility index (Phi) is 10.3. The maximum Gasteiger partial charge on any atom is 0.421 e. The topological polar surface area (TPSA) is 258 Å². The first-order valence-electron chi connectivity index (χ1n) is 15.4. The van der Waals surface area contributed by atoms with E-state index in [2.05, 4.69) is 15.7 Å². The molecule has 3 aliphatic carbocycles. The Labute approximate surface area is 280 Å². The summed E-state index contributed by atoms with van der Waals surface area (Å²) in [6.45, 7) is 4.83. The van der Waals surface area contributed by atoms with E-state index in [9.17, 15) is 49.3 Å². The van der Waals surface area contributed by atoms with Crippen molar-refractivity contribution < 1.29 is 53.5 Å². The minimum absolute atomic E-state index is 0.0189. The number of hydrogen-bond acceptors (Lipinski definition) is 14. The summed E-state index contributed by atoms with van der Waals surface area (Å²) in [4.78, 5) is 75.8. The van der Waals surface area contributed by atoms with E-state index in [0.717, 1.165) is 6.07 Å². The Morgan fingerprint density at radius 1 is 1.22 bits per heavy atom. The summed E-state index contributed by atoms with van der Waals surface area (Å²) in [5.41, 5.74) is -1.35. The number of aliphatic hydroxyl groups is 3. The molecule has 16 nitrogen and oxygen atoms in total. The Morgan fingerprint density at radius 3 is 2.45 bits per heavy atom. The molecule has 1 fully saturated rings.